The molecule has 3 heterocycles. The Labute approximate surface area is 191 Å². The third-order valence-electron chi connectivity index (χ3n) is 5.54. The predicted octanol–water partition coefficient (Wildman–Crippen LogP) is 0.629. The number of amides is 2. The number of aromatic nitrogens is 1. The first-order valence-electron chi connectivity index (χ1n) is 11.1. The Balaban J connectivity index is 1.46. The Morgan fingerprint density at radius 1 is 1.24 bits per heavy atom. The molecule has 2 aliphatic rings. The Hall–Kier alpha value is -3.37. The highest BCUT2D eigenvalue weighted by Crippen LogP contribution is 2.21. The number of nitrogens with zero attached hydrogens (tertiary/aromatic N) is 4. The van der Waals surface area contributed by atoms with E-state index in [1.165, 1.54) is 6.20 Å². The molecule has 2 N–H and O–H groups in total. The molecule has 1 unspecified atom stereocenters. The van der Waals surface area contributed by atoms with E-state index in [-0.39, 0.29) is 12.6 Å². The summed E-state index contributed by atoms with van der Waals surface area (Å²) in [4.78, 5) is 37.7. The van der Waals surface area contributed by atoms with Crippen LogP contribution in [0.4, 0.5) is 10.6 Å². The summed E-state index contributed by atoms with van der Waals surface area (Å²) >= 11 is 0. The number of ether oxygens (including phenoxy) is 2. The normalized spacial score (nSPS) is 16.4. The maximum Gasteiger partial charge on any atom is 0.368 e. The fraction of sp³-hybridized carbons (Fsp3) is 0.435. The molecule has 4 rings (SSSR count). The number of anilines is 1. The average Bonchev–Trinajstić information content (AvgIpc) is 3.23. The van der Waals surface area contributed by atoms with Crippen molar-refractivity contribution in [2.24, 2.45) is 9.98 Å². The van der Waals surface area contributed by atoms with Gasteiger partial charge < -0.3 is 24.8 Å². The predicted molar refractivity (Wildman–Crippen MR) is 119 cm³/mol. The zero-order valence-corrected chi connectivity index (χ0v) is 18.4. The molecule has 33 heavy (non-hydrogen) atoms. The second-order valence-electron chi connectivity index (χ2n) is 7.85. The molecule has 0 bridgehead atoms. The minimum Gasteiger partial charge on any atom is -0.488 e. The van der Waals surface area contributed by atoms with E-state index in [1.807, 2.05) is 0 Å². The fourth-order valence-corrected chi connectivity index (χ4v) is 3.96. The topological polar surface area (TPSA) is 126 Å². The SMILES string of the molecule is CCOC(=O)c1ccc(N(CC(O)COc2cccc3c2=NC(=O)N=3)C2CCNCC2)nc1. The Morgan fingerprint density at radius 2 is 2.06 bits per heavy atom. The third-order valence-corrected chi connectivity index (χ3v) is 5.54. The summed E-state index contributed by atoms with van der Waals surface area (Å²) in [5.41, 5.74) is 0.386. The van der Waals surface area contributed by atoms with Gasteiger partial charge in [-0.2, -0.15) is 9.98 Å². The number of aliphatic hydroxyl groups is 1. The summed E-state index contributed by atoms with van der Waals surface area (Å²) in [6.07, 6.45) is 2.49. The highest BCUT2D eigenvalue weighted by molar-refractivity contribution is 5.89. The monoisotopic (exact) mass is 453 g/mol. The molecule has 0 aliphatic carbocycles. The minimum atomic E-state index is -0.823. The van der Waals surface area contributed by atoms with Gasteiger partial charge in [-0.05, 0) is 57.1 Å². The van der Waals surface area contributed by atoms with Crippen LogP contribution in [0.2, 0.25) is 0 Å². The van der Waals surface area contributed by atoms with Gasteiger partial charge in [-0.15, -0.1) is 0 Å². The molecule has 0 saturated carbocycles. The van der Waals surface area contributed by atoms with Crippen molar-refractivity contribution in [3.63, 3.8) is 0 Å². The number of nitrogens with one attached hydrogen (secondary N) is 1. The van der Waals surface area contributed by atoms with Crippen LogP contribution in [0.15, 0.2) is 46.5 Å². The van der Waals surface area contributed by atoms with E-state index >= 15 is 0 Å². The first-order valence-corrected chi connectivity index (χ1v) is 11.1. The summed E-state index contributed by atoms with van der Waals surface area (Å²) in [6, 6.07) is 8.21. The van der Waals surface area contributed by atoms with Crippen LogP contribution in [0.1, 0.15) is 30.1 Å². The van der Waals surface area contributed by atoms with Crippen molar-refractivity contribution in [2.45, 2.75) is 31.9 Å². The molecule has 1 saturated heterocycles. The average molecular weight is 453 g/mol. The molecule has 0 radical (unpaired) electrons. The van der Waals surface area contributed by atoms with Crippen molar-refractivity contribution >= 4 is 17.8 Å². The maximum atomic E-state index is 12.0. The first kappa shape index (κ1) is 22.8. The molecule has 10 heteroatoms. The summed E-state index contributed by atoms with van der Waals surface area (Å²) in [5, 5.41) is 15.0. The Morgan fingerprint density at radius 3 is 2.79 bits per heavy atom. The first-order chi connectivity index (χ1) is 16.0. The van der Waals surface area contributed by atoms with Crippen LogP contribution in [0.5, 0.6) is 5.75 Å². The number of para-hydroxylation sites is 1. The molecular formula is C23H27N5O5. The van der Waals surface area contributed by atoms with Gasteiger partial charge in [-0.3, -0.25) is 0 Å². The van der Waals surface area contributed by atoms with Gasteiger partial charge in [0.05, 0.1) is 17.5 Å². The number of hydrogen-bond acceptors (Lipinski definition) is 8. The van der Waals surface area contributed by atoms with E-state index in [4.69, 9.17) is 9.47 Å². The zero-order chi connectivity index (χ0) is 23.2. The fourth-order valence-electron chi connectivity index (χ4n) is 3.96. The number of benzene rings is 1. The molecule has 2 aliphatic heterocycles. The number of hydrogen-bond donors (Lipinski definition) is 2. The standard InChI is InChI=1S/C23H27N5O5/c1-2-32-22(30)15-6-7-20(25-12-15)28(16-8-10-24-11-9-16)13-17(29)14-33-19-5-3-4-18-21(19)27-23(31)26-18/h3-7,12,16-17,24,29H,2,8-11,13-14H2,1H3. The molecule has 1 aromatic heterocycles. The number of urea groups is 1. The molecule has 0 spiro atoms. The summed E-state index contributed by atoms with van der Waals surface area (Å²) < 4.78 is 10.8. The van der Waals surface area contributed by atoms with Gasteiger partial charge >= 0.3 is 12.0 Å². The number of piperidine rings is 1. The van der Waals surface area contributed by atoms with Crippen LogP contribution in [-0.2, 0) is 4.74 Å². The number of esters is 1. The quantitative estimate of drug-likeness (QED) is 0.530. The van der Waals surface area contributed by atoms with Gasteiger partial charge in [0.15, 0.2) is 0 Å². The van der Waals surface area contributed by atoms with Gasteiger partial charge in [-0.1, -0.05) is 6.07 Å². The van der Waals surface area contributed by atoms with Gasteiger partial charge in [0.25, 0.3) is 0 Å². The van der Waals surface area contributed by atoms with E-state index in [0.717, 1.165) is 25.9 Å². The summed E-state index contributed by atoms with van der Waals surface area (Å²) in [6.45, 7) is 4.13. The molecule has 174 valence electrons. The van der Waals surface area contributed by atoms with Gasteiger partial charge in [0, 0.05) is 18.8 Å². The summed E-state index contributed by atoms with van der Waals surface area (Å²) in [7, 11) is 0. The number of fused-ring (bicyclic) bond motifs is 1. The van der Waals surface area contributed by atoms with Crippen LogP contribution in [0.3, 0.4) is 0 Å². The van der Waals surface area contributed by atoms with Crippen LogP contribution >= 0.6 is 0 Å². The van der Waals surface area contributed by atoms with Crippen LogP contribution in [0.25, 0.3) is 0 Å². The number of carbonyl (C=O) groups excluding carboxylic acids is 2. The molecule has 1 aromatic carbocycles. The van der Waals surface area contributed by atoms with Crippen molar-refractivity contribution in [1.82, 2.24) is 10.3 Å². The van der Waals surface area contributed by atoms with Crippen LogP contribution in [-0.4, -0.2) is 67.1 Å². The molecule has 2 aromatic rings. The lowest BCUT2D eigenvalue weighted by atomic mass is 10.0. The summed E-state index contributed by atoms with van der Waals surface area (Å²) in [5.74, 6) is 0.671. The lowest BCUT2D eigenvalue weighted by Gasteiger charge is -2.36. The molecular weight excluding hydrogens is 426 g/mol. The Bertz CT molecular complexity index is 1120. The number of pyridine rings is 1. The van der Waals surface area contributed by atoms with Gasteiger partial charge in [-0.25, -0.2) is 14.6 Å². The largest absolute Gasteiger partial charge is 0.488 e. The minimum absolute atomic E-state index is 0.0164. The van der Waals surface area contributed by atoms with Crippen molar-refractivity contribution in [2.75, 3.05) is 37.7 Å². The van der Waals surface area contributed by atoms with Gasteiger partial charge in [0.1, 0.15) is 29.6 Å². The second kappa shape index (κ2) is 10.5. The van der Waals surface area contributed by atoms with E-state index in [9.17, 15) is 14.7 Å². The maximum absolute atomic E-state index is 12.0. The van der Waals surface area contributed by atoms with E-state index in [0.29, 0.717) is 41.0 Å². The Kier molecular flexibility index (Phi) is 7.26. The zero-order valence-electron chi connectivity index (χ0n) is 18.4. The molecule has 2 amide bonds. The smallest absolute Gasteiger partial charge is 0.368 e. The number of carbonyl (C=O) groups is 2. The van der Waals surface area contributed by atoms with E-state index in [1.54, 1.807) is 37.3 Å². The highest BCUT2D eigenvalue weighted by Gasteiger charge is 2.25. The highest BCUT2D eigenvalue weighted by atomic mass is 16.5. The van der Waals surface area contributed by atoms with Crippen LogP contribution < -0.4 is 25.7 Å². The molecule has 10 nitrogen and oxygen atoms in total. The van der Waals surface area contributed by atoms with E-state index < -0.39 is 18.1 Å². The number of rotatable bonds is 9. The third kappa shape index (κ3) is 5.52. The molecule has 1 atom stereocenters. The lowest BCUT2D eigenvalue weighted by molar-refractivity contribution is 0.0526. The van der Waals surface area contributed by atoms with Crippen molar-refractivity contribution < 1.29 is 24.2 Å². The van der Waals surface area contributed by atoms with E-state index in [2.05, 4.69) is 25.2 Å². The van der Waals surface area contributed by atoms with Crippen molar-refractivity contribution in [3.05, 3.63) is 52.8 Å². The van der Waals surface area contributed by atoms with Crippen LogP contribution in [0, 0.1) is 0 Å². The van der Waals surface area contributed by atoms with Gasteiger partial charge in [0.2, 0.25) is 0 Å². The number of aliphatic hydroxyl groups excluding tert-OH is 1. The second-order valence-corrected chi connectivity index (χ2v) is 7.85. The van der Waals surface area contributed by atoms with Crippen molar-refractivity contribution in [1.29, 1.82) is 0 Å². The molecule has 1 fully saturated rings. The lowest BCUT2D eigenvalue weighted by Crippen LogP contribution is -2.47. The van der Waals surface area contributed by atoms with Crippen molar-refractivity contribution in [3.8, 4) is 5.75 Å².